The first-order valence-corrected chi connectivity index (χ1v) is 5.66. The summed E-state index contributed by atoms with van der Waals surface area (Å²) in [5, 5.41) is 0. The van der Waals surface area contributed by atoms with Crippen molar-refractivity contribution in [3.8, 4) is 11.5 Å². The van der Waals surface area contributed by atoms with Gasteiger partial charge in [-0.3, -0.25) is 4.79 Å². The van der Waals surface area contributed by atoms with Gasteiger partial charge in [-0.2, -0.15) is 0 Å². The van der Waals surface area contributed by atoms with E-state index in [1.165, 1.54) is 7.11 Å². The molecule has 1 atom stereocenters. The molecule has 0 fully saturated rings. The molecule has 0 radical (unpaired) electrons. The van der Waals surface area contributed by atoms with Crippen LogP contribution >= 0.6 is 0 Å². The van der Waals surface area contributed by atoms with Crippen LogP contribution in [0, 0.1) is 0 Å². The highest BCUT2D eigenvalue weighted by molar-refractivity contribution is 5.75. The zero-order valence-electron chi connectivity index (χ0n) is 10.9. The molecule has 18 heavy (non-hydrogen) atoms. The minimum atomic E-state index is -0.620. The average molecular weight is 253 g/mol. The molecular formula is C13H19NO4. The molecule has 0 bridgehead atoms. The lowest BCUT2D eigenvalue weighted by Gasteiger charge is -2.12. The lowest BCUT2D eigenvalue weighted by molar-refractivity contribution is -0.142. The summed E-state index contributed by atoms with van der Waals surface area (Å²) in [6, 6.07) is 4.91. The largest absolute Gasteiger partial charge is 0.497 e. The fourth-order valence-electron chi connectivity index (χ4n) is 1.66. The van der Waals surface area contributed by atoms with E-state index < -0.39 is 12.0 Å². The van der Waals surface area contributed by atoms with E-state index in [9.17, 15) is 4.79 Å². The van der Waals surface area contributed by atoms with Crippen molar-refractivity contribution in [2.24, 2.45) is 5.73 Å². The van der Waals surface area contributed by atoms with E-state index in [0.717, 1.165) is 17.1 Å². The fraction of sp³-hybridized carbons (Fsp3) is 0.462. The first-order valence-electron chi connectivity index (χ1n) is 5.66. The first-order chi connectivity index (χ1) is 8.62. The standard InChI is InChI=1S/C13H19NO4/c1-16-10-5-7-12(17-2)9(8-10)4-6-11(14)13(15)18-3/h5,7-8,11H,4,6,14H2,1-3H3. The van der Waals surface area contributed by atoms with Crippen molar-refractivity contribution in [2.75, 3.05) is 21.3 Å². The van der Waals surface area contributed by atoms with Crippen LogP contribution in [0.1, 0.15) is 12.0 Å². The van der Waals surface area contributed by atoms with E-state index >= 15 is 0 Å². The Morgan fingerprint density at radius 1 is 1.28 bits per heavy atom. The number of rotatable bonds is 6. The zero-order valence-corrected chi connectivity index (χ0v) is 10.9. The van der Waals surface area contributed by atoms with E-state index in [4.69, 9.17) is 15.2 Å². The summed E-state index contributed by atoms with van der Waals surface area (Å²) in [6.45, 7) is 0. The number of hydrogen-bond donors (Lipinski definition) is 1. The Morgan fingerprint density at radius 2 is 2.00 bits per heavy atom. The van der Waals surface area contributed by atoms with Crippen LogP contribution in [0.25, 0.3) is 0 Å². The smallest absolute Gasteiger partial charge is 0.322 e. The lowest BCUT2D eigenvalue weighted by Crippen LogP contribution is -2.31. The fourth-order valence-corrected chi connectivity index (χ4v) is 1.66. The van der Waals surface area contributed by atoms with Gasteiger partial charge >= 0.3 is 5.97 Å². The molecule has 5 heteroatoms. The van der Waals surface area contributed by atoms with Crippen molar-refractivity contribution in [3.05, 3.63) is 23.8 Å². The lowest BCUT2D eigenvalue weighted by atomic mass is 10.0. The molecule has 100 valence electrons. The normalized spacial score (nSPS) is 11.8. The molecular weight excluding hydrogens is 234 g/mol. The minimum Gasteiger partial charge on any atom is -0.497 e. The van der Waals surface area contributed by atoms with Crippen LogP contribution < -0.4 is 15.2 Å². The highest BCUT2D eigenvalue weighted by atomic mass is 16.5. The Bertz CT molecular complexity index is 406. The van der Waals surface area contributed by atoms with E-state index in [2.05, 4.69) is 4.74 Å². The monoisotopic (exact) mass is 253 g/mol. The van der Waals surface area contributed by atoms with Crippen molar-refractivity contribution >= 4 is 5.97 Å². The van der Waals surface area contributed by atoms with Crippen molar-refractivity contribution in [1.29, 1.82) is 0 Å². The number of ether oxygens (including phenoxy) is 3. The van der Waals surface area contributed by atoms with Gasteiger partial charge in [0, 0.05) is 0 Å². The Balaban J connectivity index is 2.73. The van der Waals surface area contributed by atoms with Crippen molar-refractivity contribution < 1.29 is 19.0 Å². The molecule has 0 aliphatic carbocycles. The van der Waals surface area contributed by atoms with E-state index in [-0.39, 0.29) is 0 Å². The summed E-state index contributed by atoms with van der Waals surface area (Å²) in [4.78, 5) is 11.2. The number of carbonyl (C=O) groups excluding carboxylic acids is 1. The van der Waals surface area contributed by atoms with Gasteiger partial charge in [0.2, 0.25) is 0 Å². The molecule has 1 aromatic rings. The number of nitrogens with two attached hydrogens (primary N) is 1. The van der Waals surface area contributed by atoms with Crippen LogP contribution in [-0.4, -0.2) is 33.3 Å². The van der Waals surface area contributed by atoms with Gasteiger partial charge in [0.05, 0.1) is 21.3 Å². The van der Waals surface area contributed by atoms with Crippen LogP contribution in [0.3, 0.4) is 0 Å². The van der Waals surface area contributed by atoms with Crippen LogP contribution in [-0.2, 0) is 16.0 Å². The average Bonchev–Trinajstić information content (AvgIpc) is 2.43. The highest BCUT2D eigenvalue weighted by Crippen LogP contribution is 2.25. The minimum absolute atomic E-state index is 0.406. The van der Waals surface area contributed by atoms with Gasteiger partial charge in [0.1, 0.15) is 17.5 Å². The third-order valence-electron chi connectivity index (χ3n) is 2.72. The maximum absolute atomic E-state index is 11.2. The molecule has 1 unspecified atom stereocenters. The van der Waals surface area contributed by atoms with Crippen LogP contribution in [0.5, 0.6) is 11.5 Å². The molecule has 0 aliphatic heterocycles. The van der Waals surface area contributed by atoms with Gasteiger partial charge in [-0.15, -0.1) is 0 Å². The molecule has 0 saturated carbocycles. The molecule has 1 rings (SSSR count). The Labute approximate surface area is 107 Å². The summed E-state index contributed by atoms with van der Waals surface area (Å²) >= 11 is 0. The SMILES string of the molecule is COC(=O)C(N)CCc1cc(OC)ccc1OC. The molecule has 0 heterocycles. The number of methoxy groups -OCH3 is 3. The predicted octanol–water partition coefficient (Wildman–Crippen LogP) is 1.14. The second-order valence-corrected chi connectivity index (χ2v) is 3.85. The van der Waals surface area contributed by atoms with Gasteiger partial charge in [0.25, 0.3) is 0 Å². The van der Waals surface area contributed by atoms with Gasteiger partial charge in [0.15, 0.2) is 0 Å². The summed E-state index contributed by atoms with van der Waals surface area (Å²) in [5.74, 6) is 1.10. The molecule has 5 nitrogen and oxygen atoms in total. The first kappa shape index (κ1) is 14.3. The summed E-state index contributed by atoms with van der Waals surface area (Å²) in [7, 11) is 4.53. The van der Waals surface area contributed by atoms with Gasteiger partial charge < -0.3 is 19.9 Å². The van der Waals surface area contributed by atoms with Gasteiger partial charge in [-0.05, 0) is 36.6 Å². The van der Waals surface area contributed by atoms with Gasteiger partial charge in [-0.1, -0.05) is 0 Å². The number of benzene rings is 1. The molecule has 0 amide bonds. The topological polar surface area (TPSA) is 70.8 Å². The maximum atomic E-state index is 11.2. The summed E-state index contributed by atoms with van der Waals surface area (Å²) in [6.07, 6.45) is 1.12. The van der Waals surface area contributed by atoms with Crippen LogP contribution in [0.15, 0.2) is 18.2 Å². The Hall–Kier alpha value is -1.75. The number of hydrogen-bond acceptors (Lipinski definition) is 5. The van der Waals surface area contributed by atoms with Crippen LogP contribution in [0.2, 0.25) is 0 Å². The Kier molecular flexibility index (Phi) is 5.45. The predicted molar refractivity (Wildman–Crippen MR) is 67.9 cm³/mol. The number of carbonyl (C=O) groups is 1. The molecule has 1 aromatic carbocycles. The zero-order chi connectivity index (χ0) is 13.5. The highest BCUT2D eigenvalue weighted by Gasteiger charge is 2.15. The van der Waals surface area contributed by atoms with E-state index in [1.807, 2.05) is 18.2 Å². The van der Waals surface area contributed by atoms with Crippen molar-refractivity contribution in [1.82, 2.24) is 0 Å². The quantitative estimate of drug-likeness (QED) is 0.770. The molecule has 2 N–H and O–H groups in total. The second kappa shape index (κ2) is 6.86. The van der Waals surface area contributed by atoms with Gasteiger partial charge in [-0.25, -0.2) is 0 Å². The summed E-state index contributed by atoms with van der Waals surface area (Å²) < 4.78 is 15.0. The molecule has 0 saturated heterocycles. The number of esters is 1. The van der Waals surface area contributed by atoms with Crippen LogP contribution in [0.4, 0.5) is 0 Å². The maximum Gasteiger partial charge on any atom is 0.322 e. The summed E-state index contributed by atoms with van der Waals surface area (Å²) in [5.41, 5.74) is 6.65. The van der Waals surface area contributed by atoms with E-state index in [0.29, 0.717) is 12.8 Å². The second-order valence-electron chi connectivity index (χ2n) is 3.85. The Morgan fingerprint density at radius 3 is 2.56 bits per heavy atom. The molecule has 0 aromatic heterocycles. The molecule has 0 spiro atoms. The number of aryl methyl sites for hydroxylation is 1. The third kappa shape index (κ3) is 3.63. The van der Waals surface area contributed by atoms with E-state index in [1.54, 1.807) is 14.2 Å². The molecule has 0 aliphatic rings. The van der Waals surface area contributed by atoms with Crippen molar-refractivity contribution in [3.63, 3.8) is 0 Å². The third-order valence-corrected chi connectivity index (χ3v) is 2.72. The van der Waals surface area contributed by atoms with Crippen molar-refractivity contribution in [2.45, 2.75) is 18.9 Å².